The first-order valence-electron chi connectivity index (χ1n) is 7.11. The van der Waals surface area contributed by atoms with Crippen LogP contribution in [0.25, 0.3) is 0 Å². The molecule has 0 saturated carbocycles. The smallest absolute Gasteiger partial charge is 0.251 e. The lowest BCUT2D eigenvalue weighted by molar-refractivity contribution is -0.137. The minimum atomic E-state index is -0.514. The number of amides is 3. The first kappa shape index (κ1) is 16.3. The third-order valence-corrected chi connectivity index (χ3v) is 3.88. The van der Waals surface area contributed by atoms with E-state index in [2.05, 4.69) is 5.32 Å². The van der Waals surface area contributed by atoms with Gasteiger partial charge in [0, 0.05) is 30.1 Å². The van der Waals surface area contributed by atoms with Gasteiger partial charge >= 0.3 is 0 Å². The zero-order valence-electron chi connectivity index (χ0n) is 12.0. The summed E-state index contributed by atoms with van der Waals surface area (Å²) in [4.78, 5) is 36.7. The van der Waals surface area contributed by atoms with Crippen LogP contribution >= 0.6 is 11.6 Å². The SMILES string of the molecule is NC(=O)C1CCCN1C(=O)CCNC(=O)c1ccc(Cl)cc1. The second-order valence-corrected chi connectivity index (χ2v) is 5.60. The van der Waals surface area contributed by atoms with E-state index in [9.17, 15) is 14.4 Å². The Hall–Kier alpha value is -2.08. The Bertz CT molecular complexity index is 574. The standard InChI is InChI=1S/C15H18ClN3O3/c16-11-5-3-10(4-6-11)15(22)18-8-7-13(20)19-9-1-2-12(19)14(17)21/h3-6,12H,1-2,7-9H2,(H2,17,21)(H,18,22). The highest BCUT2D eigenvalue weighted by atomic mass is 35.5. The highest BCUT2D eigenvalue weighted by molar-refractivity contribution is 6.30. The predicted octanol–water partition coefficient (Wildman–Crippen LogP) is 0.936. The minimum Gasteiger partial charge on any atom is -0.368 e. The van der Waals surface area contributed by atoms with Crippen LogP contribution in [0.2, 0.25) is 5.02 Å². The zero-order valence-corrected chi connectivity index (χ0v) is 12.8. The summed E-state index contributed by atoms with van der Waals surface area (Å²) in [5.74, 6) is -0.911. The summed E-state index contributed by atoms with van der Waals surface area (Å²) >= 11 is 5.75. The van der Waals surface area contributed by atoms with Crippen molar-refractivity contribution < 1.29 is 14.4 Å². The number of hydrogen-bond acceptors (Lipinski definition) is 3. The van der Waals surface area contributed by atoms with Crippen molar-refractivity contribution in [3.63, 3.8) is 0 Å². The minimum absolute atomic E-state index is 0.142. The summed E-state index contributed by atoms with van der Waals surface area (Å²) in [5, 5.41) is 3.23. The predicted molar refractivity (Wildman–Crippen MR) is 82.3 cm³/mol. The van der Waals surface area contributed by atoms with E-state index in [1.54, 1.807) is 24.3 Å². The molecule has 0 radical (unpaired) electrons. The molecule has 2 rings (SSSR count). The van der Waals surface area contributed by atoms with Gasteiger partial charge in [0.25, 0.3) is 5.91 Å². The largest absolute Gasteiger partial charge is 0.368 e. The molecule has 0 aliphatic carbocycles. The third-order valence-electron chi connectivity index (χ3n) is 3.63. The number of carbonyl (C=O) groups is 3. The molecule has 1 aromatic rings. The fourth-order valence-corrected chi connectivity index (χ4v) is 2.62. The zero-order chi connectivity index (χ0) is 16.1. The molecule has 6 nitrogen and oxygen atoms in total. The van der Waals surface area contributed by atoms with Crippen LogP contribution in [0.1, 0.15) is 29.6 Å². The Balaban J connectivity index is 1.80. The fourth-order valence-electron chi connectivity index (χ4n) is 2.49. The first-order valence-corrected chi connectivity index (χ1v) is 7.49. The van der Waals surface area contributed by atoms with Crippen LogP contribution in [0.15, 0.2) is 24.3 Å². The number of halogens is 1. The van der Waals surface area contributed by atoms with Gasteiger partial charge in [-0.25, -0.2) is 0 Å². The van der Waals surface area contributed by atoms with Gasteiger partial charge in [0.15, 0.2) is 0 Å². The van der Waals surface area contributed by atoms with E-state index in [-0.39, 0.29) is 24.8 Å². The lowest BCUT2D eigenvalue weighted by atomic mass is 10.2. The van der Waals surface area contributed by atoms with Gasteiger partial charge in [0.2, 0.25) is 11.8 Å². The number of nitrogens with zero attached hydrogens (tertiary/aromatic N) is 1. The lowest BCUT2D eigenvalue weighted by Gasteiger charge is -2.22. The van der Waals surface area contributed by atoms with E-state index in [0.717, 1.165) is 6.42 Å². The summed E-state index contributed by atoms with van der Waals surface area (Å²) < 4.78 is 0. The summed E-state index contributed by atoms with van der Waals surface area (Å²) in [7, 11) is 0. The van der Waals surface area contributed by atoms with Crippen molar-refractivity contribution in [3.8, 4) is 0 Å². The van der Waals surface area contributed by atoms with Crippen LogP contribution in [-0.4, -0.2) is 41.8 Å². The Morgan fingerprint density at radius 2 is 1.95 bits per heavy atom. The highest BCUT2D eigenvalue weighted by Gasteiger charge is 2.32. The molecule has 3 N–H and O–H groups in total. The van der Waals surface area contributed by atoms with Gasteiger partial charge in [-0.05, 0) is 37.1 Å². The molecule has 1 fully saturated rings. The molecule has 7 heteroatoms. The Labute approximate surface area is 133 Å². The van der Waals surface area contributed by atoms with Gasteiger partial charge in [-0.3, -0.25) is 14.4 Å². The average Bonchev–Trinajstić information content (AvgIpc) is 2.97. The van der Waals surface area contributed by atoms with Gasteiger partial charge in [0.1, 0.15) is 6.04 Å². The van der Waals surface area contributed by atoms with Crippen molar-refractivity contribution >= 4 is 29.3 Å². The third kappa shape index (κ3) is 3.98. The van der Waals surface area contributed by atoms with Gasteiger partial charge in [0.05, 0.1) is 0 Å². The quantitative estimate of drug-likeness (QED) is 0.844. The van der Waals surface area contributed by atoms with Crippen molar-refractivity contribution in [2.75, 3.05) is 13.1 Å². The normalized spacial score (nSPS) is 17.3. The number of benzene rings is 1. The van der Waals surface area contributed by atoms with E-state index >= 15 is 0 Å². The summed E-state index contributed by atoms with van der Waals surface area (Å²) in [6.45, 7) is 0.750. The molecule has 1 unspecified atom stereocenters. The Morgan fingerprint density at radius 3 is 2.59 bits per heavy atom. The molecule has 1 heterocycles. The number of hydrogen-bond donors (Lipinski definition) is 2. The molecule has 0 bridgehead atoms. The molecular formula is C15H18ClN3O3. The number of primary amides is 1. The van der Waals surface area contributed by atoms with E-state index in [1.165, 1.54) is 4.90 Å². The second-order valence-electron chi connectivity index (χ2n) is 5.16. The van der Waals surface area contributed by atoms with E-state index in [1.807, 2.05) is 0 Å². The molecule has 1 atom stereocenters. The van der Waals surface area contributed by atoms with Gasteiger partial charge < -0.3 is 16.0 Å². The van der Waals surface area contributed by atoms with E-state index in [4.69, 9.17) is 17.3 Å². The van der Waals surface area contributed by atoms with Gasteiger partial charge in [-0.1, -0.05) is 11.6 Å². The molecule has 3 amide bonds. The monoisotopic (exact) mass is 323 g/mol. The number of carbonyl (C=O) groups excluding carboxylic acids is 3. The van der Waals surface area contributed by atoms with Crippen LogP contribution in [0.3, 0.4) is 0 Å². The topological polar surface area (TPSA) is 92.5 Å². The molecule has 118 valence electrons. The maximum Gasteiger partial charge on any atom is 0.251 e. The molecule has 0 spiro atoms. The van der Waals surface area contributed by atoms with Crippen molar-refractivity contribution in [1.82, 2.24) is 10.2 Å². The molecule has 1 aliphatic heterocycles. The molecular weight excluding hydrogens is 306 g/mol. The molecule has 22 heavy (non-hydrogen) atoms. The number of likely N-dealkylation sites (tertiary alicyclic amines) is 1. The van der Waals surface area contributed by atoms with Gasteiger partial charge in [-0.2, -0.15) is 0 Å². The van der Waals surface area contributed by atoms with Crippen LogP contribution in [0.5, 0.6) is 0 Å². The second kappa shape index (κ2) is 7.26. The number of nitrogens with two attached hydrogens (primary N) is 1. The van der Waals surface area contributed by atoms with Crippen LogP contribution in [0.4, 0.5) is 0 Å². The molecule has 1 aromatic carbocycles. The van der Waals surface area contributed by atoms with E-state index < -0.39 is 11.9 Å². The van der Waals surface area contributed by atoms with Crippen LogP contribution in [0, 0.1) is 0 Å². The average molecular weight is 324 g/mol. The Kier molecular flexibility index (Phi) is 5.38. The number of nitrogens with one attached hydrogen (secondary N) is 1. The molecule has 0 aromatic heterocycles. The first-order chi connectivity index (χ1) is 10.5. The summed E-state index contributed by atoms with van der Waals surface area (Å²) in [6.07, 6.45) is 1.53. The maximum atomic E-state index is 12.1. The number of rotatable bonds is 5. The fraction of sp³-hybridized carbons (Fsp3) is 0.400. The van der Waals surface area contributed by atoms with Crippen molar-refractivity contribution in [2.45, 2.75) is 25.3 Å². The lowest BCUT2D eigenvalue weighted by Crippen LogP contribution is -2.44. The van der Waals surface area contributed by atoms with Crippen molar-refractivity contribution in [2.24, 2.45) is 5.73 Å². The molecule has 1 aliphatic rings. The van der Waals surface area contributed by atoms with Crippen LogP contribution in [-0.2, 0) is 9.59 Å². The Morgan fingerprint density at radius 1 is 1.27 bits per heavy atom. The summed E-state index contributed by atoms with van der Waals surface area (Å²) in [5.41, 5.74) is 5.76. The maximum absolute atomic E-state index is 12.1. The van der Waals surface area contributed by atoms with Crippen LogP contribution < -0.4 is 11.1 Å². The molecule has 1 saturated heterocycles. The highest BCUT2D eigenvalue weighted by Crippen LogP contribution is 2.17. The van der Waals surface area contributed by atoms with Crippen molar-refractivity contribution in [1.29, 1.82) is 0 Å². The van der Waals surface area contributed by atoms with Crippen molar-refractivity contribution in [3.05, 3.63) is 34.9 Å². The van der Waals surface area contributed by atoms with Gasteiger partial charge in [-0.15, -0.1) is 0 Å². The van der Waals surface area contributed by atoms with E-state index in [0.29, 0.717) is 23.6 Å². The summed E-state index contributed by atoms with van der Waals surface area (Å²) in [6, 6.07) is 5.97.